The summed E-state index contributed by atoms with van der Waals surface area (Å²) in [6, 6.07) is 7.66. The van der Waals surface area contributed by atoms with E-state index in [0.29, 0.717) is 22.4 Å². The molecule has 1 heterocycles. The number of rotatable bonds is 3. The number of nitrogens with one attached hydrogen (secondary N) is 1. The van der Waals surface area contributed by atoms with Crippen LogP contribution < -0.4 is 5.32 Å². The zero-order valence-electron chi connectivity index (χ0n) is 10.4. The molecule has 3 nitrogen and oxygen atoms in total. The molecule has 20 heavy (non-hydrogen) atoms. The molecular formula is C14H11Br2ClN2O. The molecule has 1 aliphatic carbocycles. The summed E-state index contributed by atoms with van der Waals surface area (Å²) in [6.07, 6.45) is 4.21. The number of nitrogens with zero attached hydrogens (tertiary/aromatic N) is 1. The highest BCUT2D eigenvalue weighted by atomic mass is 79.9. The molecule has 1 fully saturated rings. The van der Waals surface area contributed by atoms with Gasteiger partial charge in [0.05, 0.1) is 10.7 Å². The minimum Gasteiger partial charge on any atom is -0.339 e. The van der Waals surface area contributed by atoms with Crippen molar-refractivity contribution < 1.29 is 4.79 Å². The molecule has 1 aromatic carbocycles. The highest BCUT2D eigenvalue weighted by molar-refractivity contribution is 9.10. The summed E-state index contributed by atoms with van der Waals surface area (Å²) in [5.74, 6) is -0.146. The molecule has 0 radical (unpaired) electrons. The number of carbonyl (C=O) groups excluding carboxylic acids is 1. The second kappa shape index (κ2) is 5.54. The van der Waals surface area contributed by atoms with Gasteiger partial charge < -0.3 is 9.88 Å². The molecule has 3 rings (SSSR count). The van der Waals surface area contributed by atoms with Gasteiger partial charge in [-0.25, -0.2) is 0 Å². The topological polar surface area (TPSA) is 34.0 Å². The first kappa shape index (κ1) is 14.2. The van der Waals surface area contributed by atoms with Crippen molar-refractivity contribution in [3.05, 3.63) is 50.1 Å². The first-order valence-electron chi connectivity index (χ1n) is 6.18. The summed E-state index contributed by atoms with van der Waals surface area (Å²) in [5, 5.41) is 3.37. The summed E-state index contributed by atoms with van der Waals surface area (Å²) in [7, 11) is 0. The first-order valence-corrected chi connectivity index (χ1v) is 8.15. The molecule has 0 atom stereocenters. The lowest BCUT2D eigenvalue weighted by atomic mass is 10.3. The Bertz CT molecular complexity index is 680. The van der Waals surface area contributed by atoms with E-state index in [2.05, 4.69) is 37.2 Å². The molecule has 6 heteroatoms. The maximum absolute atomic E-state index is 12.4. The van der Waals surface area contributed by atoms with Crippen LogP contribution in [0.1, 0.15) is 29.4 Å². The van der Waals surface area contributed by atoms with Gasteiger partial charge in [0.25, 0.3) is 5.91 Å². The van der Waals surface area contributed by atoms with E-state index in [1.54, 1.807) is 12.1 Å². The zero-order valence-corrected chi connectivity index (χ0v) is 14.3. The van der Waals surface area contributed by atoms with Crippen LogP contribution in [0.25, 0.3) is 0 Å². The van der Waals surface area contributed by atoms with E-state index in [1.165, 1.54) is 0 Å². The predicted molar refractivity (Wildman–Crippen MR) is 87.5 cm³/mol. The van der Waals surface area contributed by atoms with Crippen LogP contribution >= 0.6 is 43.5 Å². The van der Waals surface area contributed by atoms with Crippen LogP contribution in [0, 0.1) is 0 Å². The second-order valence-electron chi connectivity index (χ2n) is 4.76. The third kappa shape index (κ3) is 2.95. The van der Waals surface area contributed by atoms with Gasteiger partial charge >= 0.3 is 0 Å². The Labute approximate surface area is 138 Å². The van der Waals surface area contributed by atoms with E-state index in [9.17, 15) is 4.79 Å². The summed E-state index contributed by atoms with van der Waals surface area (Å²) in [6.45, 7) is 0. The summed E-state index contributed by atoms with van der Waals surface area (Å²) >= 11 is 12.9. The Morgan fingerprint density at radius 3 is 2.65 bits per heavy atom. The maximum Gasteiger partial charge on any atom is 0.272 e. The fraction of sp³-hybridized carbons (Fsp3) is 0.214. The molecule has 104 valence electrons. The van der Waals surface area contributed by atoms with Crippen LogP contribution in [0.5, 0.6) is 0 Å². The SMILES string of the molecule is O=C(Nc1ccc(Br)cc1Cl)c1cc(Br)cn1C1CC1. The number of anilines is 1. The summed E-state index contributed by atoms with van der Waals surface area (Å²) in [4.78, 5) is 12.4. The molecule has 0 aliphatic heterocycles. The number of aromatic nitrogens is 1. The molecule has 1 amide bonds. The van der Waals surface area contributed by atoms with Crippen molar-refractivity contribution in [2.45, 2.75) is 18.9 Å². The number of halogens is 3. The Kier molecular flexibility index (Phi) is 3.93. The molecule has 0 bridgehead atoms. The van der Waals surface area contributed by atoms with Crippen LogP contribution in [0.3, 0.4) is 0 Å². The van der Waals surface area contributed by atoms with Crippen molar-refractivity contribution in [3.8, 4) is 0 Å². The van der Waals surface area contributed by atoms with Gasteiger partial charge in [-0.05, 0) is 53.0 Å². The van der Waals surface area contributed by atoms with Gasteiger partial charge in [-0.2, -0.15) is 0 Å². The lowest BCUT2D eigenvalue weighted by Crippen LogP contribution is -2.16. The van der Waals surface area contributed by atoms with Gasteiger partial charge in [-0.1, -0.05) is 27.5 Å². The monoisotopic (exact) mass is 416 g/mol. The van der Waals surface area contributed by atoms with Gasteiger partial charge in [0.2, 0.25) is 0 Å². The van der Waals surface area contributed by atoms with E-state index >= 15 is 0 Å². The van der Waals surface area contributed by atoms with Crippen molar-refractivity contribution in [2.75, 3.05) is 5.32 Å². The molecule has 0 saturated heterocycles. The van der Waals surface area contributed by atoms with E-state index in [-0.39, 0.29) is 5.91 Å². The zero-order chi connectivity index (χ0) is 14.3. The predicted octanol–water partition coefficient (Wildman–Crippen LogP) is 5.25. The molecule has 1 saturated carbocycles. The number of benzene rings is 1. The Morgan fingerprint density at radius 2 is 2.00 bits per heavy atom. The lowest BCUT2D eigenvalue weighted by molar-refractivity contribution is 0.101. The van der Waals surface area contributed by atoms with E-state index in [0.717, 1.165) is 21.8 Å². The standard InChI is InChI=1S/C14H11Br2ClN2O/c15-8-1-4-12(11(17)5-8)18-14(20)13-6-9(16)7-19(13)10-2-3-10/h1,4-7,10H,2-3H2,(H,18,20). The van der Waals surface area contributed by atoms with E-state index in [1.807, 2.05) is 22.9 Å². The molecule has 1 aliphatic rings. The van der Waals surface area contributed by atoms with E-state index < -0.39 is 0 Å². The minimum absolute atomic E-state index is 0.146. The Hall–Kier alpha value is -0.780. The van der Waals surface area contributed by atoms with Crippen LogP contribution in [-0.2, 0) is 0 Å². The quantitative estimate of drug-likeness (QED) is 0.725. The smallest absolute Gasteiger partial charge is 0.272 e. The van der Waals surface area contributed by atoms with Crippen molar-refractivity contribution in [2.24, 2.45) is 0 Å². The fourth-order valence-electron chi connectivity index (χ4n) is 2.06. The van der Waals surface area contributed by atoms with Crippen molar-refractivity contribution in [1.29, 1.82) is 0 Å². The fourth-order valence-corrected chi connectivity index (χ4v) is 3.22. The van der Waals surface area contributed by atoms with Crippen molar-refractivity contribution in [3.63, 3.8) is 0 Å². The van der Waals surface area contributed by atoms with Gasteiger partial charge in [0.15, 0.2) is 0 Å². The normalized spacial score (nSPS) is 14.3. The molecule has 1 aromatic heterocycles. The minimum atomic E-state index is -0.146. The second-order valence-corrected chi connectivity index (χ2v) is 7.00. The summed E-state index contributed by atoms with van der Waals surface area (Å²) < 4.78 is 3.81. The van der Waals surface area contributed by atoms with Crippen LogP contribution in [0.4, 0.5) is 5.69 Å². The number of amides is 1. The lowest BCUT2D eigenvalue weighted by Gasteiger charge is -2.10. The largest absolute Gasteiger partial charge is 0.339 e. The molecule has 0 spiro atoms. The molecular weight excluding hydrogens is 407 g/mol. The number of hydrogen-bond acceptors (Lipinski definition) is 1. The van der Waals surface area contributed by atoms with E-state index in [4.69, 9.17) is 11.6 Å². The van der Waals surface area contributed by atoms with Crippen LogP contribution in [0.2, 0.25) is 5.02 Å². The van der Waals surface area contributed by atoms with Gasteiger partial charge in [0.1, 0.15) is 5.69 Å². The van der Waals surface area contributed by atoms with Crippen molar-refractivity contribution >= 4 is 55.1 Å². The third-order valence-corrected chi connectivity index (χ3v) is 4.41. The molecule has 1 N–H and O–H groups in total. The van der Waals surface area contributed by atoms with Crippen molar-refractivity contribution in [1.82, 2.24) is 4.57 Å². The average molecular weight is 419 g/mol. The summed E-state index contributed by atoms with van der Waals surface area (Å²) in [5.41, 5.74) is 1.26. The highest BCUT2D eigenvalue weighted by Crippen LogP contribution is 2.37. The molecule has 2 aromatic rings. The Morgan fingerprint density at radius 1 is 1.25 bits per heavy atom. The molecule has 0 unspecified atom stereocenters. The van der Waals surface area contributed by atoms with Crippen LogP contribution in [0.15, 0.2) is 39.4 Å². The number of carbonyl (C=O) groups is 1. The highest BCUT2D eigenvalue weighted by Gasteiger charge is 2.27. The Balaban J connectivity index is 1.86. The number of hydrogen-bond donors (Lipinski definition) is 1. The third-order valence-electron chi connectivity index (χ3n) is 3.17. The van der Waals surface area contributed by atoms with Gasteiger partial charge in [0, 0.05) is 21.2 Å². The van der Waals surface area contributed by atoms with Gasteiger partial charge in [-0.3, -0.25) is 4.79 Å². The van der Waals surface area contributed by atoms with Gasteiger partial charge in [-0.15, -0.1) is 0 Å². The van der Waals surface area contributed by atoms with Crippen LogP contribution in [-0.4, -0.2) is 10.5 Å². The maximum atomic E-state index is 12.4. The first-order chi connectivity index (χ1) is 9.54. The average Bonchev–Trinajstić information content (AvgIpc) is 3.16.